The molecule has 3 rings (SSSR count). The minimum atomic E-state index is 0.838. The van der Waals surface area contributed by atoms with Crippen LogP contribution in [0.5, 0.6) is 0 Å². The lowest BCUT2D eigenvalue weighted by Crippen LogP contribution is -2.38. The lowest BCUT2D eigenvalue weighted by Gasteiger charge is -2.11. The van der Waals surface area contributed by atoms with Gasteiger partial charge in [-0.3, -0.25) is 4.99 Å². The molecule has 2 aromatic heterocycles. The van der Waals surface area contributed by atoms with Gasteiger partial charge < -0.3 is 15.2 Å². The molecule has 142 valence electrons. The van der Waals surface area contributed by atoms with Crippen LogP contribution in [0.2, 0.25) is 0 Å². The third-order valence-corrected chi connectivity index (χ3v) is 5.55. The largest absolute Gasteiger partial charge is 0.356 e. The predicted molar refractivity (Wildman–Crippen MR) is 106 cm³/mol. The molecule has 26 heavy (non-hydrogen) atoms. The van der Waals surface area contributed by atoms with Gasteiger partial charge in [0.15, 0.2) is 5.96 Å². The number of guanidine groups is 1. The van der Waals surface area contributed by atoms with Crippen molar-refractivity contribution in [1.82, 2.24) is 30.4 Å². The highest BCUT2D eigenvalue weighted by Gasteiger charge is 2.14. The van der Waals surface area contributed by atoms with E-state index >= 15 is 0 Å². The zero-order valence-corrected chi connectivity index (χ0v) is 16.6. The molecule has 0 amide bonds. The Morgan fingerprint density at radius 2 is 2.08 bits per heavy atom. The molecule has 0 spiro atoms. The maximum absolute atomic E-state index is 4.39. The number of aromatic nitrogens is 4. The van der Waals surface area contributed by atoms with Crippen molar-refractivity contribution in [3.8, 4) is 0 Å². The second-order valence-electron chi connectivity index (χ2n) is 6.64. The van der Waals surface area contributed by atoms with E-state index in [4.69, 9.17) is 0 Å². The van der Waals surface area contributed by atoms with Crippen molar-refractivity contribution >= 4 is 17.3 Å². The first kappa shape index (κ1) is 18.8. The number of aryl methyl sites for hydroxylation is 3. The summed E-state index contributed by atoms with van der Waals surface area (Å²) >= 11 is 1.75. The Bertz CT molecular complexity index is 719. The van der Waals surface area contributed by atoms with Crippen LogP contribution in [0.1, 0.15) is 47.2 Å². The van der Waals surface area contributed by atoms with Gasteiger partial charge >= 0.3 is 0 Å². The quantitative estimate of drug-likeness (QED) is 0.440. The second-order valence-corrected chi connectivity index (χ2v) is 7.96. The average Bonchev–Trinajstić information content (AvgIpc) is 3.15. The van der Waals surface area contributed by atoms with Crippen LogP contribution in [0.4, 0.5) is 0 Å². The standard InChI is InChI=1S/C18H29N7S/c1-14-13-22-17(26-14)9-11-21-18(19-2)20-10-6-8-16-24-23-15-7-4-3-5-12-25(15)16/h13H,3-12H2,1-2H3,(H2,19,20,21). The first-order chi connectivity index (χ1) is 12.8. The van der Waals surface area contributed by atoms with Crippen molar-refractivity contribution in [2.75, 3.05) is 20.1 Å². The molecule has 3 heterocycles. The molecular formula is C18H29N7S. The van der Waals surface area contributed by atoms with Gasteiger partial charge in [0, 0.05) is 57.0 Å². The number of rotatable bonds is 7. The van der Waals surface area contributed by atoms with E-state index in [1.165, 1.54) is 30.0 Å². The lowest BCUT2D eigenvalue weighted by atomic mass is 10.2. The van der Waals surface area contributed by atoms with Gasteiger partial charge in [0.1, 0.15) is 11.6 Å². The molecule has 0 atom stereocenters. The molecule has 2 aromatic rings. The number of hydrogen-bond donors (Lipinski definition) is 2. The predicted octanol–water partition coefficient (Wildman–Crippen LogP) is 2.11. The van der Waals surface area contributed by atoms with Crippen LogP contribution in [0.25, 0.3) is 0 Å². The highest BCUT2D eigenvalue weighted by molar-refractivity contribution is 7.11. The summed E-state index contributed by atoms with van der Waals surface area (Å²) in [5, 5.41) is 16.7. The van der Waals surface area contributed by atoms with E-state index in [9.17, 15) is 0 Å². The smallest absolute Gasteiger partial charge is 0.190 e. The van der Waals surface area contributed by atoms with E-state index in [1.807, 2.05) is 6.20 Å². The third-order valence-electron chi connectivity index (χ3n) is 4.58. The van der Waals surface area contributed by atoms with Crippen LogP contribution in [0, 0.1) is 6.92 Å². The van der Waals surface area contributed by atoms with Crippen molar-refractivity contribution in [3.63, 3.8) is 0 Å². The zero-order chi connectivity index (χ0) is 18.2. The maximum atomic E-state index is 4.39. The van der Waals surface area contributed by atoms with Crippen LogP contribution in [-0.4, -0.2) is 45.8 Å². The summed E-state index contributed by atoms with van der Waals surface area (Å²) < 4.78 is 2.33. The molecule has 0 fully saturated rings. The molecule has 8 heteroatoms. The molecule has 2 N–H and O–H groups in total. The summed E-state index contributed by atoms with van der Waals surface area (Å²) in [6.07, 6.45) is 9.67. The number of nitrogens with zero attached hydrogens (tertiary/aromatic N) is 5. The normalized spacial score (nSPS) is 14.8. The summed E-state index contributed by atoms with van der Waals surface area (Å²) in [6, 6.07) is 0. The van der Waals surface area contributed by atoms with E-state index in [1.54, 1.807) is 18.4 Å². The third kappa shape index (κ3) is 5.27. The Morgan fingerprint density at radius 3 is 2.88 bits per heavy atom. The van der Waals surface area contributed by atoms with Crippen molar-refractivity contribution in [3.05, 3.63) is 27.7 Å². The Labute approximate surface area is 159 Å². The molecule has 0 saturated carbocycles. The van der Waals surface area contributed by atoms with Gasteiger partial charge in [-0.2, -0.15) is 0 Å². The van der Waals surface area contributed by atoms with Crippen molar-refractivity contribution in [1.29, 1.82) is 0 Å². The van der Waals surface area contributed by atoms with Gasteiger partial charge in [0.2, 0.25) is 0 Å². The highest BCUT2D eigenvalue weighted by atomic mass is 32.1. The van der Waals surface area contributed by atoms with Crippen LogP contribution < -0.4 is 10.6 Å². The first-order valence-electron chi connectivity index (χ1n) is 9.53. The topological polar surface area (TPSA) is 80.0 Å². The molecule has 0 saturated heterocycles. The Balaban J connectivity index is 1.36. The van der Waals surface area contributed by atoms with Crippen LogP contribution in [0.3, 0.4) is 0 Å². The van der Waals surface area contributed by atoms with E-state index in [-0.39, 0.29) is 0 Å². The monoisotopic (exact) mass is 375 g/mol. The summed E-state index contributed by atoms with van der Waals surface area (Å²) in [6.45, 7) is 4.87. The average molecular weight is 376 g/mol. The molecule has 0 aromatic carbocycles. The van der Waals surface area contributed by atoms with Crippen LogP contribution in [-0.2, 0) is 25.8 Å². The summed E-state index contributed by atoms with van der Waals surface area (Å²) in [5.74, 6) is 3.14. The summed E-state index contributed by atoms with van der Waals surface area (Å²) in [5.41, 5.74) is 0. The number of fused-ring (bicyclic) bond motifs is 1. The molecule has 0 aliphatic carbocycles. The SMILES string of the molecule is CN=C(NCCCc1nnc2n1CCCCC2)NCCc1ncc(C)s1. The Kier molecular flexibility index (Phi) is 6.99. The summed E-state index contributed by atoms with van der Waals surface area (Å²) in [4.78, 5) is 9.93. The zero-order valence-electron chi connectivity index (χ0n) is 15.8. The van der Waals surface area contributed by atoms with E-state index in [0.29, 0.717) is 0 Å². The van der Waals surface area contributed by atoms with Gasteiger partial charge in [-0.05, 0) is 26.2 Å². The second kappa shape index (κ2) is 9.66. The van der Waals surface area contributed by atoms with Gasteiger partial charge in [-0.25, -0.2) is 4.98 Å². The molecule has 1 aliphatic rings. The molecule has 0 radical (unpaired) electrons. The van der Waals surface area contributed by atoms with Gasteiger partial charge in [-0.1, -0.05) is 6.42 Å². The fourth-order valence-electron chi connectivity index (χ4n) is 3.21. The molecule has 7 nitrogen and oxygen atoms in total. The minimum absolute atomic E-state index is 0.838. The lowest BCUT2D eigenvalue weighted by molar-refractivity contribution is 0.594. The highest BCUT2D eigenvalue weighted by Crippen LogP contribution is 2.15. The van der Waals surface area contributed by atoms with Crippen LogP contribution in [0.15, 0.2) is 11.2 Å². The minimum Gasteiger partial charge on any atom is -0.356 e. The number of thiazole rings is 1. The fourth-order valence-corrected chi connectivity index (χ4v) is 4.00. The molecule has 0 unspecified atom stereocenters. The Morgan fingerprint density at radius 1 is 1.19 bits per heavy atom. The van der Waals surface area contributed by atoms with Gasteiger partial charge in [-0.15, -0.1) is 21.5 Å². The molecule has 0 bridgehead atoms. The number of nitrogens with one attached hydrogen (secondary N) is 2. The van der Waals surface area contributed by atoms with Gasteiger partial charge in [0.25, 0.3) is 0 Å². The van der Waals surface area contributed by atoms with Crippen LogP contribution >= 0.6 is 11.3 Å². The maximum Gasteiger partial charge on any atom is 0.190 e. The summed E-state index contributed by atoms with van der Waals surface area (Å²) in [7, 11) is 1.81. The molecular weight excluding hydrogens is 346 g/mol. The molecule has 1 aliphatic heterocycles. The van der Waals surface area contributed by atoms with Gasteiger partial charge in [0.05, 0.1) is 5.01 Å². The van der Waals surface area contributed by atoms with E-state index in [2.05, 4.69) is 42.3 Å². The first-order valence-corrected chi connectivity index (χ1v) is 10.3. The van der Waals surface area contributed by atoms with E-state index in [0.717, 1.165) is 62.1 Å². The Hall–Kier alpha value is -1.96. The van der Waals surface area contributed by atoms with Crippen molar-refractivity contribution in [2.45, 2.75) is 58.4 Å². The van der Waals surface area contributed by atoms with Crippen molar-refractivity contribution < 1.29 is 0 Å². The number of aliphatic imine (C=N–C) groups is 1. The van der Waals surface area contributed by atoms with Crippen molar-refractivity contribution in [2.24, 2.45) is 4.99 Å². The number of hydrogen-bond acceptors (Lipinski definition) is 5. The van der Waals surface area contributed by atoms with E-state index < -0.39 is 0 Å². The fraction of sp³-hybridized carbons (Fsp3) is 0.667.